The van der Waals surface area contributed by atoms with E-state index in [1.807, 2.05) is 0 Å². The summed E-state index contributed by atoms with van der Waals surface area (Å²) in [6, 6.07) is 0. The molecule has 30 valence electrons. The van der Waals surface area contributed by atoms with E-state index in [4.69, 9.17) is 0 Å². The molecule has 0 spiro atoms. The van der Waals surface area contributed by atoms with E-state index in [1.54, 1.807) is 12.3 Å². The highest BCUT2D eigenvalue weighted by molar-refractivity contribution is 8.24. The maximum Gasteiger partial charge on any atom is -0.0247 e. The lowest BCUT2D eigenvalue weighted by Crippen LogP contribution is -1.20. The summed E-state index contributed by atoms with van der Waals surface area (Å²) in [5, 5.41) is 0. The molecule has 1 aliphatic heterocycles. The Kier molecular flexibility index (Phi) is 1.24. The third-order valence-electron chi connectivity index (χ3n) is 0.763. The summed E-state index contributed by atoms with van der Waals surface area (Å²) in [5.41, 5.74) is 0. The zero-order valence-electron chi connectivity index (χ0n) is 3.36. The summed E-state index contributed by atoms with van der Waals surface area (Å²) in [5.74, 6) is 0. The Morgan fingerprint density at radius 3 is 2.20 bits per heavy atom. The van der Waals surface area contributed by atoms with Gasteiger partial charge in [-0.05, 0) is 19.0 Å². The second kappa shape index (κ2) is 1.54. The number of hydrogen-bond acceptors (Lipinski definition) is 0. The van der Waals surface area contributed by atoms with Crippen molar-refractivity contribution in [3.05, 3.63) is 0 Å². The Hall–Kier alpha value is 0.860. The van der Waals surface area contributed by atoms with Crippen molar-refractivity contribution in [3.8, 4) is 0 Å². The third-order valence-corrected chi connectivity index (χ3v) is 5.53. The van der Waals surface area contributed by atoms with Crippen molar-refractivity contribution in [2.75, 3.05) is 19.0 Å². The quantitative estimate of drug-likeness (QED) is 0.446. The highest BCUT2D eigenvalue weighted by Crippen LogP contribution is 2.64. The molecule has 0 amide bonds. The molecule has 0 nitrogen and oxygen atoms in total. The van der Waals surface area contributed by atoms with E-state index >= 15 is 0 Å². The lowest BCUT2D eigenvalue weighted by Gasteiger charge is -1.75. The van der Waals surface area contributed by atoms with Gasteiger partial charge in [0.2, 0.25) is 0 Å². The van der Waals surface area contributed by atoms with E-state index < -0.39 is 0 Å². The lowest BCUT2D eigenvalue weighted by molar-refractivity contribution is 1.75. The lowest BCUT2D eigenvalue weighted by atomic mass is 11.0. The van der Waals surface area contributed by atoms with Gasteiger partial charge < -0.3 is 0 Å². The largest absolute Gasteiger partial charge is 0.0992 e. The van der Waals surface area contributed by atoms with Crippen LogP contribution in [0.15, 0.2) is 0 Å². The summed E-state index contributed by atoms with van der Waals surface area (Å²) in [6.07, 6.45) is 3.18. The highest BCUT2D eigenvalue weighted by atomic mass is 32.1. The molecule has 0 aromatic rings. The van der Waals surface area contributed by atoms with Gasteiger partial charge in [0.15, 0.2) is 0 Å². The molecule has 0 aromatic carbocycles. The fourth-order valence-electron chi connectivity index (χ4n) is 0.274. The van der Waals surface area contributed by atoms with Gasteiger partial charge in [-0.3, -0.25) is 0 Å². The van der Waals surface area contributed by atoms with Crippen LogP contribution >= 0.6 is 15.9 Å². The Bertz CT molecular complexity index is 31.9. The molecule has 2 heteroatoms. The second-order valence-electron chi connectivity index (χ2n) is 1.21. The van der Waals surface area contributed by atoms with Crippen molar-refractivity contribution in [2.24, 2.45) is 0 Å². The maximum atomic E-state index is 2.32. The van der Waals surface area contributed by atoms with E-state index in [9.17, 15) is 0 Å². The van der Waals surface area contributed by atoms with Crippen molar-refractivity contribution in [2.45, 2.75) is 0 Å². The average molecular weight is 106 g/mol. The van der Waals surface area contributed by atoms with Gasteiger partial charge in [0.05, 0.1) is 0 Å². The van der Waals surface area contributed by atoms with Gasteiger partial charge in [-0.25, -0.2) is 0 Å². The molecule has 0 aromatic heterocycles. The molecular formula is C3H8P2. The fraction of sp³-hybridized carbons (Fsp3) is 1.00. The molecule has 0 aliphatic carbocycles. The molecule has 1 saturated heterocycles. The average Bonchev–Trinajstić information content (AvgIpc) is 2.12. The van der Waals surface area contributed by atoms with Crippen LogP contribution in [0, 0.1) is 0 Å². The van der Waals surface area contributed by atoms with Gasteiger partial charge in [0.25, 0.3) is 0 Å². The summed E-state index contributed by atoms with van der Waals surface area (Å²) in [6.45, 7) is 2.32. The zero-order valence-corrected chi connectivity index (χ0v) is 5.26. The highest BCUT2D eigenvalue weighted by Gasteiger charge is 2.16. The predicted molar refractivity (Wildman–Crippen MR) is 30.9 cm³/mol. The van der Waals surface area contributed by atoms with Crippen molar-refractivity contribution < 1.29 is 0 Å². The molecular weight excluding hydrogens is 98.0 g/mol. The van der Waals surface area contributed by atoms with Crippen LogP contribution in [0.3, 0.4) is 0 Å². The Morgan fingerprint density at radius 2 is 2.20 bits per heavy atom. The SMILES string of the molecule is CPP1CC1. The first-order valence-electron chi connectivity index (χ1n) is 1.86. The molecule has 1 aliphatic rings. The van der Waals surface area contributed by atoms with Gasteiger partial charge in [-0.2, -0.15) is 0 Å². The molecule has 0 saturated carbocycles. The van der Waals surface area contributed by atoms with Gasteiger partial charge in [0.1, 0.15) is 0 Å². The van der Waals surface area contributed by atoms with Crippen LogP contribution in [-0.2, 0) is 0 Å². The van der Waals surface area contributed by atoms with Crippen LogP contribution in [0.25, 0.3) is 0 Å². The first-order valence-corrected chi connectivity index (χ1v) is 5.91. The van der Waals surface area contributed by atoms with Crippen LogP contribution in [-0.4, -0.2) is 19.0 Å². The van der Waals surface area contributed by atoms with E-state index in [0.29, 0.717) is 7.61 Å². The van der Waals surface area contributed by atoms with E-state index in [0.717, 1.165) is 0 Å². The van der Waals surface area contributed by atoms with Crippen LogP contribution in [0.1, 0.15) is 0 Å². The van der Waals surface area contributed by atoms with E-state index in [-0.39, 0.29) is 0 Å². The van der Waals surface area contributed by atoms with Gasteiger partial charge in [0, 0.05) is 0 Å². The summed E-state index contributed by atoms with van der Waals surface area (Å²) in [7, 11) is 1.97. The summed E-state index contributed by atoms with van der Waals surface area (Å²) >= 11 is 0. The molecule has 0 radical (unpaired) electrons. The molecule has 1 fully saturated rings. The molecule has 0 bridgehead atoms. The molecule has 1 heterocycles. The van der Waals surface area contributed by atoms with Gasteiger partial charge >= 0.3 is 0 Å². The minimum Gasteiger partial charge on any atom is -0.0992 e. The maximum absolute atomic E-state index is 2.32. The van der Waals surface area contributed by atoms with Gasteiger partial charge in [-0.1, -0.05) is 15.9 Å². The molecule has 0 N–H and O–H groups in total. The first kappa shape index (κ1) is 4.03. The van der Waals surface area contributed by atoms with Crippen LogP contribution in [0.4, 0.5) is 0 Å². The molecule has 5 heavy (non-hydrogen) atoms. The predicted octanol–water partition coefficient (Wildman–Crippen LogP) is 1.71. The van der Waals surface area contributed by atoms with Crippen LogP contribution < -0.4 is 0 Å². The van der Waals surface area contributed by atoms with Gasteiger partial charge in [-0.15, -0.1) is 0 Å². The standard InChI is InChI=1S/C3H8P2/c1-4-5-2-3-5/h4H,2-3H2,1H3. The summed E-state index contributed by atoms with van der Waals surface area (Å²) < 4.78 is 0. The van der Waals surface area contributed by atoms with Crippen molar-refractivity contribution in [1.29, 1.82) is 0 Å². The topological polar surface area (TPSA) is 0 Å². The minimum absolute atomic E-state index is 0.680. The van der Waals surface area contributed by atoms with Crippen molar-refractivity contribution in [1.82, 2.24) is 0 Å². The Morgan fingerprint density at radius 1 is 1.60 bits per heavy atom. The normalized spacial score (nSPS) is 25.8. The third kappa shape index (κ3) is 1.16. The number of rotatable bonds is 1. The van der Waals surface area contributed by atoms with Crippen LogP contribution in [0.5, 0.6) is 0 Å². The zero-order chi connectivity index (χ0) is 3.70. The van der Waals surface area contributed by atoms with Crippen molar-refractivity contribution >= 4 is 15.9 Å². The fourth-order valence-corrected chi connectivity index (χ4v) is 3.36. The van der Waals surface area contributed by atoms with Crippen molar-refractivity contribution in [3.63, 3.8) is 0 Å². The summed E-state index contributed by atoms with van der Waals surface area (Å²) in [4.78, 5) is 0. The minimum atomic E-state index is 0.680. The van der Waals surface area contributed by atoms with E-state index in [1.165, 1.54) is 8.27 Å². The Labute approximate surface area is 35.8 Å². The monoisotopic (exact) mass is 106 g/mol. The molecule has 1 atom stereocenters. The molecule has 1 rings (SSSR count). The van der Waals surface area contributed by atoms with Crippen LogP contribution in [0.2, 0.25) is 0 Å². The second-order valence-corrected chi connectivity index (χ2v) is 6.87. The number of hydrogen-bond donors (Lipinski definition) is 0. The smallest absolute Gasteiger partial charge is 0.0247 e. The Balaban J connectivity index is 2.00. The first-order chi connectivity index (χ1) is 2.43. The van der Waals surface area contributed by atoms with E-state index in [2.05, 4.69) is 6.66 Å². The molecule has 1 unspecified atom stereocenters.